The van der Waals surface area contributed by atoms with Crippen LogP contribution in [0.2, 0.25) is 0 Å². The smallest absolute Gasteiger partial charge is 0.407 e. The molecule has 1 heterocycles. The molecule has 1 aromatic rings. The third kappa shape index (κ3) is 12.8. The Morgan fingerprint density at radius 2 is 1.46 bits per heavy atom. The fraction of sp³-hybridized carbons (Fsp3) is 0.519. The van der Waals surface area contributed by atoms with E-state index in [4.69, 9.17) is 9.47 Å². The zero-order valence-electron chi connectivity index (χ0n) is 23.5. The van der Waals surface area contributed by atoms with E-state index in [0.717, 1.165) is 17.1 Å². The van der Waals surface area contributed by atoms with Gasteiger partial charge in [0.2, 0.25) is 5.91 Å². The first-order valence-electron chi connectivity index (χ1n) is 13.3. The molecule has 1 atom stereocenters. The minimum atomic E-state index is -3.74. The minimum absolute atomic E-state index is 0.00475. The number of nitrogens with zero attached hydrogens (tertiary/aromatic N) is 1. The predicted molar refractivity (Wildman–Crippen MR) is 148 cm³/mol. The van der Waals surface area contributed by atoms with Gasteiger partial charge in [0, 0.05) is 31.8 Å². The van der Waals surface area contributed by atoms with Crippen molar-refractivity contribution < 1.29 is 41.9 Å². The number of sulfone groups is 1. The van der Waals surface area contributed by atoms with E-state index in [1.54, 1.807) is 39.0 Å². The molecule has 1 aromatic carbocycles. The molecule has 2 rings (SSSR count). The first-order chi connectivity index (χ1) is 19.3. The van der Waals surface area contributed by atoms with Gasteiger partial charge in [-0.1, -0.05) is 24.6 Å². The summed E-state index contributed by atoms with van der Waals surface area (Å²) in [5.41, 5.74) is -0.600. The molecule has 0 radical (unpaired) electrons. The summed E-state index contributed by atoms with van der Waals surface area (Å²) in [5.74, 6) is -2.16. The number of carbonyl (C=O) groups is 5. The van der Waals surface area contributed by atoms with Crippen LogP contribution in [0.3, 0.4) is 0 Å². The molecule has 3 N–H and O–H groups in total. The fourth-order valence-electron chi connectivity index (χ4n) is 3.67. The van der Waals surface area contributed by atoms with Crippen LogP contribution in [0.4, 0.5) is 9.59 Å². The average Bonchev–Trinajstić information content (AvgIpc) is 3.20. The Balaban J connectivity index is 1.80. The maximum absolute atomic E-state index is 12.9. The van der Waals surface area contributed by atoms with Gasteiger partial charge in [0.25, 0.3) is 11.8 Å². The number of unbranched alkanes of at least 4 members (excludes halogenated alkanes) is 2. The van der Waals surface area contributed by atoms with E-state index in [2.05, 4.69) is 16.0 Å². The van der Waals surface area contributed by atoms with Gasteiger partial charge < -0.3 is 25.4 Å². The Bertz CT molecular complexity index is 1190. The number of hydrogen-bond acceptors (Lipinski definition) is 9. The van der Waals surface area contributed by atoms with E-state index >= 15 is 0 Å². The lowest BCUT2D eigenvalue weighted by atomic mass is 10.1. The summed E-state index contributed by atoms with van der Waals surface area (Å²) in [6.45, 7) is 5.20. The second kappa shape index (κ2) is 15.7. The highest BCUT2D eigenvalue weighted by molar-refractivity contribution is 7.91. The average molecular weight is 595 g/mol. The highest BCUT2D eigenvalue weighted by atomic mass is 32.2. The number of benzene rings is 1. The molecular formula is C27H38N4O9S. The van der Waals surface area contributed by atoms with E-state index in [1.807, 2.05) is 0 Å². The summed E-state index contributed by atoms with van der Waals surface area (Å²) in [5, 5.41) is 7.59. The number of rotatable bonds is 15. The van der Waals surface area contributed by atoms with Crippen LogP contribution in [0.15, 0.2) is 47.4 Å². The lowest BCUT2D eigenvalue weighted by molar-refractivity contribution is -0.141. The van der Waals surface area contributed by atoms with Crippen molar-refractivity contribution in [3.05, 3.63) is 42.5 Å². The molecule has 0 aliphatic carbocycles. The molecule has 0 saturated carbocycles. The van der Waals surface area contributed by atoms with Crippen LogP contribution in [0.25, 0.3) is 0 Å². The van der Waals surface area contributed by atoms with Crippen molar-refractivity contribution in [2.24, 2.45) is 0 Å². The van der Waals surface area contributed by atoms with Crippen molar-refractivity contribution >= 4 is 39.7 Å². The van der Waals surface area contributed by atoms with Crippen LogP contribution in [0.5, 0.6) is 0 Å². The Kier molecular flexibility index (Phi) is 12.8. The second-order valence-electron chi connectivity index (χ2n) is 10.3. The van der Waals surface area contributed by atoms with Crippen molar-refractivity contribution in [1.82, 2.24) is 20.9 Å². The molecule has 0 bridgehead atoms. The maximum atomic E-state index is 12.9. The molecule has 13 nitrogen and oxygen atoms in total. The first kappa shape index (κ1) is 33.3. The van der Waals surface area contributed by atoms with Crippen molar-refractivity contribution in [3.8, 4) is 0 Å². The molecule has 5 amide bonds. The quantitative estimate of drug-likeness (QED) is 0.201. The summed E-state index contributed by atoms with van der Waals surface area (Å²) < 4.78 is 36.4. The molecular weight excluding hydrogens is 556 g/mol. The van der Waals surface area contributed by atoms with Gasteiger partial charge >= 0.3 is 12.2 Å². The van der Waals surface area contributed by atoms with Crippen molar-refractivity contribution in [2.45, 2.75) is 63.1 Å². The number of imide groups is 1. The van der Waals surface area contributed by atoms with Crippen LogP contribution < -0.4 is 16.0 Å². The zero-order valence-corrected chi connectivity index (χ0v) is 24.3. The number of nitrogens with one attached hydrogen (secondary N) is 3. The van der Waals surface area contributed by atoms with Crippen LogP contribution in [-0.4, -0.2) is 86.9 Å². The summed E-state index contributed by atoms with van der Waals surface area (Å²) in [6, 6.07) is 7.84. The monoisotopic (exact) mass is 594 g/mol. The fourth-order valence-corrected chi connectivity index (χ4v) is 5.16. The van der Waals surface area contributed by atoms with Crippen LogP contribution in [0.1, 0.15) is 46.5 Å². The highest BCUT2D eigenvalue weighted by Crippen LogP contribution is 2.16. The summed E-state index contributed by atoms with van der Waals surface area (Å²) in [7, 11) is -3.74. The molecule has 41 heavy (non-hydrogen) atoms. The molecule has 1 unspecified atom stereocenters. The van der Waals surface area contributed by atoms with Crippen LogP contribution in [0, 0.1) is 0 Å². The Morgan fingerprint density at radius 1 is 0.854 bits per heavy atom. The standard InChI is InChI=1S/C27H38N4O9S/c1-27(2,3)40-26(36)29-15-9-5-6-10-20(19-41(37,38)21-11-7-4-8-12-21)39-25(35)30-17-16-28-22(32)18-31-23(33)13-14-24(31)34/h4,7-8,11-14,20H,5-6,9-10,15-19H2,1-3H3,(H,28,32)(H,29,36)(H,30,35). The van der Waals surface area contributed by atoms with E-state index < -0.39 is 63.7 Å². The Labute approximate surface area is 239 Å². The largest absolute Gasteiger partial charge is 0.445 e. The van der Waals surface area contributed by atoms with Gasteiger partial charge in [0.1, 0.15) is 18.2 Å². The van der Waals surface area contributed by atoms with Gasteiger partial charge in [-0.05, 0) is 52.2 Å². The molecule has 0 spiro atoms. The summed E-state index contributed by atoms with van der Waals surface area (Å²) in [6.07, 6.45) is 1.91. The van der Waals surface area contributed by atoms with Gasteiger partial charge in [-0.25, -0.2) is 18.0 Å². The molecule has 1 aliphatic heterocycles. The van der Waals surface area contributed by atoms with Gasteiger partial charge in [-0.15, -0.1) is 0 Å². The van der Waals surface area contributed by atoms with E-state index in [9.17, 15) is 32.4 Å². The number of amides is 5. The molecule has 226 valence electrons. The third-order valence-corrected chi connectivity index (χ3v) is 7.37. The first-order valence-corrected chi connectivity index (χ1v) is 14.9. The van der Waals surface area contributed by atoms with Gasteiger partial charge in [0.15, 0.2) is 9.84 Å². The van der Waals surface area contributed by atoms with E-state index in [-0.39, 0.29) is 24.4 Å². The Hall–Kier alpha value is -3.94. The predicted octanol–water partition coefficient (Wildman–Crippen LogP) is 1.68. The summed E-state index contributed by atoms with van der Waals surface area (Å²) >= 11 is 0. The highest BCUT2D eigenvalue weighted by Gasteiger charge is 2.26. The lowest BCUT2D eigenvalue weighted by Crippen LogP contribution is -2.43. The van der Waals surface area contributed by atoms with Gasteiger partial charge in [-0.3, -0.25) is 19.3 Å². The van der Waals surface area contributed by atoms with Crippen LogP contribution >= 0.6 is 0 Å². The number of carbonyl (C=O) groups excluding carboxylic acids is 5. The van der Waals surface area contributed by atoms with Crippen molar-refractivity contribution in [3.63, 3.8) is 0 Å². The number of alkyl carbamates (subject to hydrolysis) is 2. The lowest BCUT2D eigenvalue weighted by Gasteiger charge is -2.20. The van der Waals surface area contributed by atoms with E-state index in [1.165, 1.54) is 12.1 Å². The number of hydrogen-bond donors (Lipinski definition) is 3. The molecule has 0 aromatic heterocycles. The van der Waals surface area contributed by atoms with E-state index in [0.29, 0.717) is 25.8 Å². The summed E-state index contributed by atoms with van der Waals surface area (Å²) in [4.78, 5) is 60.1. The van der Waals surface area contributed by atoms with Gasteiger partial charge in [0.05, 0.1) is 10.6 Å². The van der Waals surface area contributed by atoms with Gasteiger partial charge in [-0.2, -0.15) is 0 Å². The molecule has 0 fully saturated rings. The van der Waals surface area contributed by atoms with Crippen molar-refractivity contribution in [1.29, 1.82) is 0 Å². The Morgan fingerprint density at radius 3 is 2.10 bits per heavy atom. The topological polar surface area (TPSA) is 177 Å². The molecule has 14 heteroatoms. The molecule has 0 saturated heterocycles. The molecule has 1 aliphatic rings. The number of ether oxygens (including phenoxy) is 2. The zero-order chi connectivity index (χ0) is 30.5. The second-order valence-corrected chi connectivity index (χ2v) is 12.3. The third-order valence-electron chi connectivity index (χ3n) is 5.57. The maximum Gasteiger partial charge on any atom is 0.407 e. The van der Waals surface area contributed by atoms with Crippen LogP contribution in [-0.2, 0) is 33.7 Å². The normalized spacial score (nSPS) is 14.0. The SMILES string of the molecule is CC(C)(C)OC(=O)NCCCCCC(CS(=O)(=O)c1ccccc1)OC(=O)NCCNC(=O)CN1C(=O)C=CC1=O. The van der Waals surface area contributed by atoms with Crippen molar-refractivity contribution in [2.75, 3.05) is 31.9 Å². The minimum Gasteiger partial charge on any atom is -0.445 e.